The van der Waals surface area contributed by atoms with Gasteiger partial charge in [-0.3, -0.25) is 4.79 Å². The van der Waals surface area contributed by atoms with E-state index in [1.165, 1.54) is 12.1 Å². The molecule has 0 radical (unpaired) electrons. The summed E-state index contributed by atoms with van der Waals surface area (Å²) in [6.45, 7) is 0. The van der Waals surface area contributed by atoms with Gasteiger partial charge in [-0.2, -0.15) is 0 Å². The highest BCUT2D eigenvalue weighted by atomic mass is 32.2. The standard InChI is InChI=1S/C11H11FOS/c12-9-3-1-8(2-4-9)5-11-6-10(13)7-14-11/h1-4,11H,5-7H2. The minimum atomic E-state index is -0.205. The fourth-order valence-corrected chi connectivity index (χ4v) is 2.75. The second-order valence-corrected chi connectivity index (χ2v) is 4.80. The fraction of sp³-hybridized carbons (Fsp3) is 0.364. The molecule has 0 bridgehead atoms. The van der Waals surface area contributed by atoms with E-state index in [1.54, 1.807) is 23.9 Å². The molecular weight excluding hydrogens is 199 g/mol. The van der Waals surface area contributed by atoms with E-state index in [1.807, 2.05) is 0 Å². The first-order valence-electron chi connectivity index (χ1n) is 4.62. The van der Waals surface area contributed by atoms with Crippen LogP contribution >= 0.6 is 11.8 Å². The molecule has 0 amide bonds. The first-order valence-corrected chi connectivity index (χ1v) is 5.66. The van der Waals surface area contributed by atoms with Gasteiger partial charge < -0.3 is 0 Å². The van der Waals surface area contributed by atoms with Crippen LogP contribution in [0.1, 0.15) is 12.0 Å². The van der Waals surface area contributed by atoms with Crippen LogP contribution in [0.15, 0.2) is 24.3 Å². The van der Waals surface area contributed by atoms with Crippen LogP contribution in [-0.4, -0.2) is 16.8 Å². The number of benzene rings is 1. The summed E-state index contributed by atoms with van der Waals surface area (Å²) in [5.41, 5.74) is 1.11. The van der Waals surface area contributed by atoms with Crippen molar-refractivity contribution in [3.63, 3.8) is 0 Å². The number of rotatable bonds is 2. The topological polar surface area (TPSA) is 17.1 Å². The Labute approximate surface area is 86.7 Å². The molecular formula is C11H11FOS. The van der Waals surface area contributed by atoms with Crippen LogP contribution < -0.4 is 0 Å². The lowest BCUT2D eigenvalue weighted by atomic mass is 10.1. The molecule has 1 fully saturated rings. The second-order valence-electron chi connectivity index (χ2n) is 3.51. The molecule has 1 heterocycles. The summed E-state index contributed by atoms with van der Waals surface area (Å²) >= 11 is 1.71. The molecule has 1 aliphatic rings. The van der Waals surface area contributed by atoms with Crippen molar-refractivity contribution >= 4 is 17.5 Å². The number of ketones is 1. The number of Topliss-reactive ketones (excluding diaryl/α,β-unsaturated/α-hetero) is 1. The zero-order valence-corrected chi connectivity index (χ0v) is 8.52. The molecule has 1 aliphatic heterocycles. The lowest BCUT2D eigenvalue weighted by Crippen LogP contribution is -2.04. The van der Waals surface area contributed by atoms with Gasteiger partial charge >= 0.3 is 0 Å². The molecule has 2 rings (SSSR count). The number of halogens is 1. The second kappa shape index (κ2) is 4.13. The molecule has 3 heteroatoms. The van der Waals surface area contributed by atoms with Crippen molar-refractivity contribution in [1.82, 2.24) is 0 Å². The first-order chi connectivity index (χ1) is 6.74. The van der Waals surface area contributed by atoms with Gasteiger partial charge in [-0.15, -0.1) is 11.8 Å². The maximum absolute atomic E-state index is 12.6. The largest absolute Gasteiger partial charge is 0.299 e. The molecule has 74 valence electrons. The van der Waals surface area contributed by atoms with Gasteiger partial charge in [0.1, 0.15) is 11.6 Å². The molecule has 1 unspecified atom stereocenters. The van der Waals surface area contributed by atoms with E-state index < -0.39 is 0 Å². The van der Waals surface area contributed by atoms with E-state index in [9.17, 15) is 9.18 Å². The first kappa shape index (κ1) is 9.71. The van der Waals surface area contributed by atoms with E-state index in [0.29, 0.717) is 23.2 Å². The summed E-state index contributed by atoms with van der Waals surface area (Å²) in [5, 5.41) is 0.396. The van der Waals surface area contributed by atoms with E-state index in [4.69, 9.17) is 0 Å². The van der Waals surface area contributed by atoms with E-state index in [-0.39, 0.29) is 5.82 Å². The molecule has 14 heavy (non-hydrogen) atoms. The summed E-state index contributed by atoms with van der Waals surface area (Å²) in [7, 11) is 0. The number of hydrogen-bond acceptors (Lipinski definition) is 2. The van der Waals surface area contributed by atoms with Crippen LogP contribution in [0.25, 0.3) is 0 Å². The Balaban J connectivity index is 1.97. The van der Waals surface area contributed by atoms with Gasteiger partial charge in [-0.1, -0.05) is 12.1 Å². The highest BCUT2D eigenvalue weighted by molar-refractivity contribution is 8.01. The van der Waals surface area contributed by atoms with Crippen molar-refractivity contribution in [3.05, 3.63) is 35.6 Å². The quantitative estimate of drug-likeness (QED) is 0.745. The monoisotopic (exact) mass is 210 g/mol. The molecule has 0 aromatic heterocycles. The smallest absolute Gasteiger partial charge is 0.143 e. The Morgan fingerprint density at radius 1 is 1.36 bits per heavy atom. The SMILES string of the molecule is O=C1CSC(Cc2ccc(F)cc2)C1. The predicted molar refractivity (Wildman–Crippen MR) is 56.0 cm³/mol. The third kappa shape index (κ3) is 2.35. The number of thioether (sulfide) groups is 1. The molecule has 0 N–H and O–H groups in total. The molecule has 1 saturated heterocycles. The van der Waals surface area contributed by atoms with Crippen LogP contribution in [0.4, 0.5) is 4.39 Å². The van der Waals surface area contributed by atoms with Gasteiger partial charge in [0.25, 0.3) is 0 Å². The Hall–Kier alpha value is -0.830. The summed E-state index contributed by atoms with van der Waals surface area (Å²) < 4.78 is 12.6. The Morgan fingerprint density at radius 3 is 2.64 bits per heavy atom. The third-order valence-electron chi connectivity index (χ3n) is 2.31. The third-order valence-corrected chi connectivity index (χ3v) is 3.61. The zero-order valence-electron chi connectivity index (χ0n) is 7.70. The van der Waals surface area contributed by atoms with E-state index >= 15 is 0 Å². The summed E-state index contributed by atoms with van der Waals surface area (Å²) in [6, 6.07) is 6.52. The zero-order chi connectivity index (χ0) is 9.97. The summed E-state index contributed by atoms with van der Waals surface area (Å²) in [5.74, 6) is 0.775. The van der Waals surface area contributed by atoms with E-state index in [2.05, 4.69) is 0 Å². The molecule has 0 saturated carbocycles. The highest BCUT2D eigenvalue weighted by Crippen LogP contribution is 2.26. The molecule has 1 aromatic carbocycles. The van der Waals surface area contributed by atoms with Crippen molar-refractivity contribution in [2.75, 3.05) is 5.75 Å². The van der Waals surface area contributed by atoms with Crippen LogP contribution in [0, 0.1) is 5.82 Å². The summed E-state index contributed by atoms with van der Waals surface area (Å²) in [4.78, 5) is 11.0. The normalized spacial score (nSPS) is 21.5. The average molecular weight is 210 g/mol. The van der Waals surface area contributed by atoms with Crippen molar-refractivity contribution in [1.29, 1.82) is 0 Å². The van der Waals surface area contributed by atoms with E-state index in [0.717, 1.165) is 12.0 Å². The maximum Gasteiger partial charge on any atom is 0.143 e. The minimum absolute atomic E-state index is 0.205. The Bertz CT molecular complexity index is 334. The average Bonchev–Trinajstić information content (AvgIpc) is 2.56. The lowest BCUT2D eigenvalue weighted by Gasteiger charge is -2.06. The van der Waals surface area contributed by atoms with Crippen LogP contribution in [0.3, 0.4) is 0 Å². The lowest BCUT2D eigenvalue weighted by molar-refractivity contribution is -0.116. The minimum Gasteiger partial charge on any atom is -0.299 e. The van der Waals surface area contributed by atoms with Crippen LogP contribution in [0.2, 0.25) is 0 Å². The number of carbonyl (C=O) groups excluding carboxylic acids is 1. The van der Waals surface area contributed by atoms with Gasteiger partial charge in [0.2, 0.25) is 0 Å². The summed E-state index contributed by atoms with van der Waals surface area (Å²) in [6.07, 6.45) is 1.54. The van der Waals surface area contributed by atoms with Crippen molar-refractivity contribution in [3.8, 4) is 0 Å². The van der Waals surface area contributed by atoms with Crippen molar-refractivity contribution < 1.29 is 9.18 Å². The van der Waals surface area contributed by atoms with Crippen molar-refractivity contribution in [2.45, 2.75) is 18.1 Å². The highest BCUT2D eigenvalue weighted by Gasteiger charge is 2.22. The molecule has 1 nitrogen and oxygen atoms in total. The molecule has 0 spiro atoms. The molecule has 0 aliphatic carbocycles. The van der Waals surface area contributed by atoms with Gasteiger partial charge in [-0.25, -0.2) is 4.39 Å². The maximum atomic E-state index is 12.6. The van der Waals surface area contributed by atoms with Crippen LogP contribution in [-0.2, 0) is 11.2 Å². The van der Waals surface area contributed by atoms with Gasteiger partial charge in [0.05, 0.1) is 5.75 Å². The Kier molecular flexibility index (Phi) is 2.87. The molecule has 1 aromatic rings. The number of carbonyl (C=O) groups is 1. The number of hydrogen-bond donors (Lipinski definition) is 0. The van der Waals surface area contributed by atoms with Crippen molar-refractivity contribution in [2.24, 2.45) is 0 Å². The van der Waals surface area contributed by atoms with Gasteiger partial charge in [-0.05, 0) is 24.1 Å². The van der Waals surface area contributed by atoms with Gasteiger partial charge in [0, 0.05) is 11.7 Å². The van der Waals surface area contributed by atoms with Crippen LogP contribution in [0.5, 0.6) is 0 Å². The predicted octanol–water partition coefficient (Wildman–Crippen LogP) is 2.44. The Morgan fingerprint density at radius 2 is 2.07 bits per heavy atom. The fourth-order valence-electron chi connectivity index (χ4n) is 1.60. The van der Waals surface area contributed by atoms with Gasteiger partial charge in [0.15, 0.2) is 0 Å². The molecule has 1 atom stereocenters.